The number of ether oxygens (including phenoxy) is 1. The third-order valence-electron chi connectivity index (χ3n) is 1.56. The molecule has 1 atom stereocenters. The summed E-state index contributed by atoms with van der Waals surface area (Å²) in [5.74, 6) is -0.237. The van der Waals surface area contributed by atoms with Crippen LogP contribution in [0.2, 0.25) is 0 Å². The number of nitriles is 1. The predicted octanol–water partition coefficient (Wildman–Crippen LogP) is 0.831. The maximum Gasteiger partial charge on any atom is 0.322 e. The quantitative estimate of drug-likeness (QED) is 0.490. The van der Waals surface area contributed by atoms with Crippen molar-refractivity contribution in [2.24, 2.45) is 0 Å². The van der Waals surface area contributed by atoms with Gasteiger partial charge in [-0.15, -0.1) is 0 Å². The Hall–Kier alpha value is -1.08. The van der Waals surface area contributed by atoms with Crippen molar-refractivity contribution in [2.45, 2.75) is 32.7 Å². The first kappa shape index (κ1) is 11.9. The molecule has 0 aliphatic rings. The molecule has 0 aliphatic carbocycles. The van der Waals surface area contributed by atoms with Crippen LogP contribution in [0.15, 0.2) is 0 Å². The van der Waals surface area contributed by atoms with Gasteiger partial charge in [-0.2, -0.15) is 5.26 Å². The molecule has 0 saturated heterocycles. The lowest BCUT2D eigenvalue weighted by Crippen LogP contribution is -2.35. The predicted molar refractivity (Wildman–Crippen MR) is 48.9 cm³/mol. The van der Waals surface area contributed by atoms with Gasteiger partial charge in [-0.1, -0.05) is 0 Å². The Bertz CT molecular complexity index is 187. The second-order valence-corrected chi connectivity index (χ2v) is 2.69. The molecule has 0 fully saturated rings. The number of nitrogens with zero attached hydrogens (tertiary/aromatic N) is 1. The van der Waals surface area contributed by atoms with E-state index in [1.165, 1.54) is 0 Å². The summed E-state index contributed by atoms with van der Waals surface area (Å²) in [6.07, 6.45) is 1.28. The van der Waals surface area contributed by atoms with Crippen molar-refractivity contribution in [1.29, 1.82) is 5.26 Å². The molecule has 0 spiro atoms. The van der Waals surface area contributed by atoms with Gasteiger partial charge in [0.1, 0.15) is 6.04 Å². The van der Waals surface area contributed by atoms with E-state index < -0.39 is 0 Å². The van der Waals surface area contributed by atoms with E-state index in [9.17, 15) is 4.79 Å². The molecule has 0 bridgehead atoms. The monoisotopic (exact) mass is 184 g/mol. The largest absolute Gasteiger partial charge is 0.465 e. The van der Waals surface area contributed by atoms with E-state index in [0.29, 0.717) is 19.6 Å². The lowest BCUT2D eigenvalue weighted by Gasteiger charge is -2.11. The Kier molecular flexibility index (Phi) is 6.93. The van der Waals surface area contributed by atoms with Gasteiger partial charge in [-0.05, 0) is 26.8 Å². The highest BCUT2D eigenvalue weighted by Gasteiger charge is 2.11. The average molecular weight is 184 g/mol. The van der Waals surface area contributed by atoms with Gasteiger partial charge >= 0.3 is 5.97 Å². The Morgan fingerprint density at radius 2 is 2.38 bits per heavy atom. The molecule has 0 radical (unpaired) electrons. The summed E-state index contributed by atoms with van der Waals surface area (Å²) >= 11 is 0. The summed E-state index contributed by atoms with van der Waals surface area (Å²) in [5.41, 5.74) is 0. The fourth-order valence-electron chi connectivity index (χ4n) is 0.837. The van der Waals surface area contributed by atoms with Gasteiger partial charge in [-0.3, -0.25) is 4.79 Å². The van der Waals surface area contributed by atoms with Gasteiger partial charge < -0.3 is 10.1 Å². The van der Waals surface area contributed by atoms with E-state index in [1.807, 2.05) is 6.07 Å². The Morgan fingerprint density at radius 1 is 1.69 bits per heavy atom. The number of hydrogen-bond donors (Lipinski definition) is 1. The fraction of sp³-hybridized carbons (Fsp3) is 0.778. The number of rotatable bonds is 6. The number of carbonyl (C=O) groups excluding carboxylic acids is 1. The van der Waals surface area contributed by atoms with Crippen LogP contribution in [0.25, 0.3) is 0 Å². The van der Waals surface area contributed by atoms with Crippen LogP contribution < -0.4 is 5.32 Å². The molecule has 13 heavy (non-hydrogen) atoms. The normalized spacial score (nSPS) is 11.8. The van der Waals surface area contributed by atoms with Crippen LogP contribution in [-0.2, 0) is 9.53 Å². The van der Waals surface area contributed by atoms with Crippen LogP contribution in [0, 0.1) is 11.3 Å². The van der Waals surface area contributed by atoms with E-state index in [4.69, 9.17) is 10.00 Å². The first-order valence-corrected chi connectivity index (χ1v) is 4.49. The van der Waals surface area contributed by atoms with Gasteiger partial charge in [-0.25, -0.2) is 0 Å². The van der Waals surface area contributed by atoms with Crippen LogP contribution in [0.3, 0.4) is 0 Å². The molecule has 1 N–H and O–H groups in total. The van der Waals surface area contributed by atoms with Gasteiger partial charge in [0, 0.05) is 6.42 Å². The Morgan fingerprint density at radius 3 is 2.92 bits per heavy atom. The summed E-state index contributed by atoms with van der Waals surface area (Å²) in [4.78, 5) is 11.1. The number of nitrogens with one attached hydrogen (secondary N) is 1. The SMILES string of the molecule is CCOC(=O)C(C)NCCCC#N. The molecular formula is C9H16N2O2. The lowest BCUT2D eigenvalue weighted by atomic mass is 10.3. The summed E-state index contributed by atoms with van der Waals surface area (Å²) in [6.45, 7) is 4.61. The Balaban J connectivity index is 3.45. The zero-order valence-corrected chi connectivity index (χ0v) is 8.17. The minimum absolute atomic E-state index is 0.237. The molecule has 0 aliphatic heterocycles. The van der Waals surface area contributed by atoms with Gasteiger partial charge in [0.2, 0.25) is 0 Å². The smallest absolute Gasteiger partial charge is 0.322 e. The van der Waals surface area contributed by atoms with E-state index in [1.54, 1.807) is 13.8 Å². The lowest BCUT2D eigenvalue weighted by molar-refractivity contribution is -0.145. The highest BCUT2D eigenvalue weighted by Crippen LogP contribution is 1.89. The van der Waals surface area contributed by atoms with Crippen LogP contribution in [0.4, 0.5) is 0 Å². The van der Waals surface area contributed by atoms with E-state index in [0.717, 1.165) is 6.42 Å². The number of hydrogen-bond acceptors (Lipinski definition) is 4. The van der Waals surface area contributed by atoms with Crippen molar-refractivity contribution in [1.82, 2.24) is 5.32 Å². The van der Waals surface area contributed by atoms with Crippen LogP contribution >= 0.6 is 0 Å². The molecule has 0 heterocycles. The van der Waals surface area contributed by atoms with Crippen molar-refractivity contribution in [3.8, 4) is 6.07 Å². The van der Waals surface area contributed by atoms with E-state index in [-0.39, 0.29) is 12.0 Å². The Labute approximate surface area is 78.9 Å². The number of unbranched alkanes of at least 4 members (excludes halogenated alkanes) is 1. The zero-order chi connectivity index (χ0) is 10.1. The minimum Gasteiger partial charge on any atom is -0.465 e. The summed E-state index contributed by atoms with van der Waals surface area (Å²) in [7, 11) is 0. The molecule has 0 saturated carbocycles. The second kappa shape index (κ2) is 7.56. The van der Waals surface area contributed by atoms with Crippen molar-refractivity contribution in [2.75, 3.05) is 13.2 Å². The molecule has 1 unspecified atom stereocenters. The molecular weight excluding hydrogens is 168 g/mol. The molecule has 4 nitrogen and oxygen atoms in total. The van der Waals surface area contributed by atoms with Crippen molar-refractivity contribution >= 4 is 5.97 Å². The van der Waals surface area contributed by atoms with Gasteiger partial charge in [0.25, 0.3) is 0 Å². The minimum atomic E-state index is -0.279. The maximum atomic E-state index is 11.1. The van der Waals surface area contributed by atoms with E-state index >= 15 is 0 Å². The van der Waals surface area contributed by atoms with Crippen molar-refractivity contribution in [3.05, 3.63) is 0 Å². The summed E-state index contributed by atoms with van der Waals surface area (Å²) in [6, 6.07) is 1.76. The van der Waals surface area contributed by atoms with Crippen LogP contribution in [-0.4, -0.2) is 25.2 Å². The third-order valence-corrected chi connectivity index (χ3v) is 1.56. The highest BCUT2D eigenvalue weighted by atomic mass is 16.5. The zero-order valence-electron chi connectivity index (χ0n) is 8.17. The topological polar surface area (TPSA) is 62.1 Å². The van der Waals surface area contributed by atoms with Crippen LogP contribution in [0.5, 0.6) is 0 Å². The molecule has 0 aromatic heterocycles. The first-order chi connectivity index (χ1) is 6.22. The number of carbonyl (C=O) groups is 1. The fourth-order valence-corrected chi connectivity index (χ4v) is 0.837. The van der Waals surface area contributed by atoms with Crippen molar-refractivity contribution in [3.63, 3.8) is 0 Å². The molecule has 0 aromatic rings. The standard InChI is InChI=1S/C9H16N2O2/c1-3-13-9(12)8(2)11-7-5-4-6-10/h8,11H,3-5,7H2,1-2H3. The van der Waals surface area contributed by atoms with Crippen molar-refractivity contribution < 1.29 is 9.53 Å². The molecule has 0 aromatic carbocycles. The average Bonchev–Trinajstić information content (AvgIpc) is 2.12. The second-order valence-electron chi connectivity index (χ2n) is 2.69. The van der Waals surface area contributed by atoms with Gasteiger partial charge in [0.05, 0.1) is 12.7 Å². The molecule has 4 heteroatoms. The molecule has 0 amide bonds. The maximum absolute atomic E-state index is 11.1. The van der Waals surface area contributed by atoms with Crippen LogP contribution in [0.1, 0.15) is 26.7 Å². The van der Waals surface area contributed by atoms with E-state index in [2.05, 4.69) is 5.32 Å². The first-order valence-electron chi connectivity index (χ1n) is 4.49. The third kappa shape index (κ3) is 6.12. The summed E-state index contributed by atoms with van der Waals surface area (Å²) < 4.78 is 4.79. The number of esters is 1. The van der Waals surface area contributed by atoms with Gasteiger partial charge in [0.15, 0.2) is 0 Å². The summed E-state index contributed by atoms with van der Waals surface area (Å²) in [5, 5.41) is 11.2. The molecule has 74 valence electrons. The highest BCUT2D eigenvalue weighted by molar-refractivity contribution is 5.75. The molecule has 0 rings (SSSR count).